The van der Waals surface area contributed by atoms with E-state index >= 15 is 0 Å². The summed E-state index contributed by atoms with van der Waals surface area (Å²) in [6, 6.07) is 6.79. The Morgan fingerprint density at radius 1 is 1.03 bits per heavy atom. The number of aryl methyl sites for hydroxylation is 1. The molecule has 2 aromatic carbocycles. The number of hydrogen-bond acceptors (Lipinski definition) is 3. The number of carbonyl (C=O) groups is 1. The lowest BCUT2D eigenvalue weighted by atomic mass is 10.0. The summed E-state index contributed by atoms with van der Waals surface area (Å²) in [6.07, 6.45) is -5.60. The molecule has 166 valence electrons. The fraction of sp³-hybridized carbons (Fsp3) is 0.318. The van der Waals surface area contributed by atoms with Crippen LogP contribution in [0.4, 0.5) is 26.3 Å². The lowest BCUT2D eigenvalue weighted by Crippen LogP contribution is -2.20. The van der Waals surface area contributed by atoms with Crippen LogP contribution in [0.25, 0.3) is 6.08 Å². The van der Waals surface area contributed by atoms with Gasteiger partial charge in [-0.3, -0.25) is 4.79 Å². The summed E-state index contributed by atoms with van der Waals surface area (Å²) >= 11 is 0. The van der Waals surface area contributed by atoms with Gasteiger partial charge in [-0.15, -0.1) is 0 Å². The number of ketones is 1. The SMILES string of the molecule is O=C(/C=C/c1ccc2c(c1)CCC2NCc1cc(C(F)(F)F)cc(C(F)(F)F)c1)CO. The predicted molar refractivity (Wildman–Crippen MR) is 102 cm³/mol. The summed E-state index contributed by atoms with van der Waals surface area (Å²) < 4.78 is 78.1. The average molecular weight is 443 g/mol. The second-order valence-electron chi connectivity index (χ2n) is 7.30. The zero-order chi connectivity index (χ0) is 22.8. The maximum Gasteiger partial charge on any atom is 0.416 e. The number of rotatable bonds is 6. The molecule has 0 bridgehead atoms. The number of carbonyl (C=O) groups excluding carboxylic acids is 1. The summed E-state index contributed by atoms with van der Waals surface area (Å²) in [5, 5.41) is 11.8. The minimum Gasteiger partial charge on any atom is -0.388 e. The molecule has 1 aliphatic carbocycles. The van der Waals surface area contributed by atoms with Gasteiger partial charge in [0.1, 0.15) is 6.61 Å². The third-order valence-electron chi connectivity index (χ3n) is 5.06. The Morgan fingerprint density at radius 3 is 2.26 bits per heavy atom. The Hall–Kier alpha value is -2.65. The van der Waals surface area contributed by atoms with Gasteiger partial charge in [-0.05, 0) is 59.4 Å². The van der Waals surface area contributed by atoms with E-state index in [0.29, 0.717) is 12.8 Å². The molecule has 3 nitrogen and oxygen atoms in total. The number of benzene rings is 2. The molecule has 0 aliphatic heterocycles. The van der Waals surface area contributed by atoms with Gasteiger partial charge < -0.3 is 10.4 Å². The lowest BCUT2D eigenvalue weighted by molar-refractivity contribution is -0.143. The largest absolute Gasteiger partial charge is 0.416 e. The molecule has 1 unspecified atom stereocenters. The van der Waals surface area contributed by atoms with Gasteiger partial charge in [0.05, 0.1) is 11.1 Å². The molecule has 1 aliphatic rings. The van der Waals surface area contributed by atoms with Crippen molar-refractivity contribution in [2.45, 2.75) is 37.8 Å². The summed E-state index contributed by atoms with van der Waals surface area (Å²) in [5.74, 6) is -0.431. The van der Waals surface area contributed by atoms with Crippen LogP contribution in [0.2, 0.25) is 0 Å². The van der Waals surface area contributed by atoms with Crippen LogP contribution < -0.4 is 5.32 Å². The third kappa shape index (κ3) is 5.74. The maximum atomic E-state index is 13.0. The summed E-state index contributed by atoms with van der Waals surface area (Å²) in [7, 11) is 0. The van der Waals surface area contributed by atoms with Crippen molar-refractivity contribution in [1.29, 1.82) is 0 Å². The van der Waals surface area contributed by atoms with E-state index in [9.17, 15) is 31.1 Å². The fourth-order valence-electron chi connectivity index (χ4n) is 3.56. The molecule has 0 amide bonds. The van der Waals surface area contributed by atoms with Gasteiger partial charge in [-0.1, -0.05) is 24.3 Å². The average Bonchev–Trinajstić information content (AvgIpc) is 3.11. The Bertz CT molecular complexity index is 962. The first kappa shape index (κ1) is 23.0. The molecule has 1 atom stereocenters. The van der Waals surface area contributed by atoms with E-state index in [1.54, 1.807) is 12.1 Å². The number of nitrogens with one attached hydrogen (secondary N) is 1. The van der Waals surface area contributed by atoms with Crippen molar-refractivity contribution in [2.75, 3.05) is 6.61 Å². The van der Waals surface area contributed by atoms with Gasteiger partial charge >= 0.3 is 12.4 Å². The molecule has 2 N–H and O–H groups in total. The summed E-state index contributed by atoms with van der Waals surface area (Å²) in [4.78, 5) is 11.2. The van der Waals surface area contributed by atoms with Gasteiger partial charge in [-0.25, -0.2) is 0 Å². The molecule has 0 radical (unpaired) electrons. The molecule has 0 saturated carbocycles. The molecule has 3 rings (SSSR count). The van der Waals surface area contributed by atoms with E-state index in [1.165, 1.54) is 6.08 Å². The van der Waals surface area contributed by atoms with E-state index < -0.39 is 35.9 Å². The molecule has 2 aromatic rings. The zero-order valence-corrected chi connectivity index (χ0v) is 16.1. The van der Waals surface area contributed by atoms with E-state index in [2.05, 4.69) is 5.32 Å². The van der Waals surface area contributed by atoms with E-state index in [-0.39, 0.29) is 24.2 Å². The molecule has 31 heavy (non-hydrogen) atoms. The standard InChI is InChI=1S/C22H19F6NO2/c23-21(24,25)16-8-14(9-17(10-16)22(26,27)28)11-29-20-6-3-15-7-13(2-5-19(15)20)1-4-18(31)12-30/h1-2,4-5,7-10,20,29-30H,3,6,11-12H2/b4-1+. The Kier molecular flexibility index (Phi) is 6.56. The van der Waals surface area contributed by atoms with Gasteiger partial charge in [0.25, 0.3) is 0 Å². The molecule has 0 aromatic heterocycles. The van der Waals surface area contributed by atoms with Crippen LogP contribution in [-0.2, 0) is 30.1 Å². The van der Waals surface area contributed by atoms with Gasteiger partial charge in [0.2, 0.25) is 0 Å². The van der Waals surface area contributed by atoms with Gasteiger partial charge in [0, 0.05) is 12.6 Å². The normalized spacial score (nSPS) is 16.7. The van der Waals surface area contributed by atoms with Crippen LogP contribution in [0.15, 0.2) is 42.5 Å². The number of fused-ring (bicyclic) bond motifs is 1. The first-order valence-electron chi connectivity index (χ1n) is 9.43. The highest BCUT2D eigenvalue weighted by atomic mass is 19.4. The Labute approximate surface area is 174 Å². The molecule has 0 spiro atoms. The number of aliphatic hydroxyl groups excluding tert-OH is 1. The molecular weight excluding hydrogens is 424 g/mol. The number of alkyl halides is 6. The van der Waals surface area contributed by atoms with E-state index in [0.717, 1.165) is 28.8 Å². The monoisotopic (exact) mass is 443 g/mol. The first-order valence-corrected chi connectivity index (χ1v) is 9.43. The molecule has 9 heteroatoms. The number of halogens is 6. The Morgan fingerprint density at radius 2 is 1.68 bits per heavy atom. The van der Waals surface area contributed by atoms with Crippen LogP contribution in [0.5, 0.6) is 0 Å². The number of hydrogen-bond donors (Lipinski definition) is 2. The van der Waals surface area contributed by atoms with E-state index in [1.807, 2.05) is 12.1 Å². The highest BCUT2D eigenvalue weighted by Gasteiger charge is 2.37. The van der Waals surface area contributed by atoms with E-state index in [4.69, 9.17) is 5.11 Å². The highest BCUT2D eigenvalue weighted by Crippen LogP contribution is 2.37. The van der Waals surface area contributed by atoms with Crippen LogP contribution >= 0.6 is 0 Å². The van der Waals surface area contributed by atoms with Crippen LogP contribution in [-0.4, -0.2) is 17.5 Å². The quantitative estimate of drug-likeness (QED) is 0.484. The Balaban J connectivity index is 1.76. The molecule has 0 heterocycles. The predicted octanol–water partition coefficient (Wildman–Crippen LogP) is 5.08. The van der Waals surface area contributed by atoms with Crippen molar-refractivity contribution in [3.05, 3.63) is 75.9 Å². The second kappa shape index (κ2) is 8.84. The van der Waals surface area contributed by atoms with Gasteiger partial charge in [-0.2, -0.15) is 26.3 Å². The second-order valence-corrected chi connectivity index (χ2v) is 7.30. The first-order chi connectivity index (χ1) is 14.5. The lowest BCUT2D eigenvalue weighted by Gasteiger charge is -2.17. The van der Waals surface area contributed by atoms with Crippen molar-refractivity contribution in [3.63, 3.8) is 0 Å². The van der Waals surface area contributed by atoms with Crippen molar-refractivity contribution in [1.82, 2.24) is 5.32 Å². The van der Waals surface area contributed by atoms with Crippen LogP contribution in [0, 0.1) is 0 Å². The van der Waals surface area contributed by atoms with Crippen LogP contribution in [0.3, 0.4) is 0 Å². The minimum absolute atomic E-state index is 0.0994. The van der Waals surface area contributed by atoms with Crippen molar-refractivity contribution < 1.29 is 36.2 Å². The van der Waals surface area contributed by atoms with Crippen molar-refractivity contribution in [3.8, 4) is 0 Å². The third-order valence-corrected chi connectivity index (χ3v) is 5.06. The van der Waals surface area contributed by atoms with Crippen molar-refractivity contribution >= 4 is 11.9 Å². The smallest absolute Gasteiger partial charge is 0.388 e. The van der Waals surface area contributed by atoms with Gasteiger partial charge in [0.15, 0.2) is 5.78 Å². The number of aliphatic hydroxyl groups is 1. The summed E-state index contributed by atoms with van der Waals surface area (Å²) in [6.45, 7) is -0.733. The van der Waals surface area contributed by atoms with Crippen LogP contribution in [0.1, 0.15) is 45.8 Å². The summed E-state index contributed by atoms with van der Waals surface area (Å²) in [5.41, 5.74) is -0.115. The minimum atomic E-state index is -4.88. The topological polar surface area (TPSA) is 49.3 Å². The molecular formula is C22H19F6NO2. The molecule has 0 saturated heterocycles. The highest BCUT2D eigenvalue weighted by molar-refractivity contribution is 5.94. The maximum absolute atomic E-state index is 13.0. The zero-order valence-electron chi connectivity index (χ0n) is 16.1. The molecule has 0 fully saturated rings. The fourth-order valence-corrected chi connectivity index (χ4v) is 3.56. The van der Waals surface area contributed by atoms with Crippen molar-refractivity contribution in [2.24, 2.45) is 0 Å².